The number of hydrogen-bond acceptors (Lipinski definition) is 6. The molecule has 0 aliphatic carbocycles. The number of hydrogen-bond donors (Lipinski definition) is 0. The van der Waals surface area contributed by atoms with Crippen molar-refractivity contribution >= 4 is 22.2 Å². The molecule has 4 rings (SSSR count). The summed E-state index contributed by atoms with van der Waals surface area (Å²) >= 11 is 1.62. The fraction of sp³-hybridized carbons (Fsp3) is 0.278. The van der Waals surface area contributed by atoms with Crippen LogP contribution in [0.2, 0.25) is 0 Å². The molecule has 1 aliphatic heterocycles. The van der Waals surface area contributed by atoms with Gasteiger partial charge in [-0.1, -0.05) is 35.6 Å². The molecule has 0 bridgehead atoms. The summed E-state index contributed by atoms with van der Waals surface area (Å²) in [5, 5.41) is 10.5. The molecule has 1 aromatic carbocycles. The quantitative estimate of drug-likeness (QED) is 0.734. The van der Waals surface area contributed by atoms with Gasteiger partial charge in [-0.25, -0.2) is 0 Å². The van der Waals surface area contributed by atoms with Gasteiger partial charge in [0.1, 0.15) is 5.69 Å². The Balaban J connectivity index is 1.45. The Kier molecular flexibility index (Phi) is 4.13. The number of nitrogens with zero attached hydrogens (tertiary/aromatic N) is 5. The number of para-hydroxylation sites is 1. The summed E-state index contributed by atoms with van der Waals surface area (Å²) < 4.78 is 0. The Labute approximate surface area is 145 Å². The van der Waals surface area contributed by atoms with E-state index < -0.39 is 0 Å². The minimum atomic E-state index is 0.881. The second-order valence-electron chi connectivity index (χ2n) is 5.87. The highest BCUT2D eigenvalue weighted by Gasteiger charge is 2.21. The van der Waals surface area contributed by atoms with Crippen LogP contribution in [-0.2, 0) is 0 Å². The first-order chi connectivity index (χ1) is 11.8. The lowest BCUT2D eigenvalue weighted by molar-refractivity contribution is 0.648. The molecule has 0 unspecified atom stereocenters. The lowest BCUT2D eigenvalue weighted by Gasteiger charge is -2.36. The van der Waals surface area contributed by atoms with Gasteiger partial charge in [-0.2, -0.15) is 0 Å². The lowest BCUT2D eigenvalue weighted by atomic mass is 10.1. The van der Waals surface area contributed by atoms with Crippen LogP contribution in [0.1, 0.15) is 5.56 Å². The maximum atomic E-state index is 4.37. The molecule has 0 amide bonds. The molecule has 5 nitrogen and oxygen atoms in total. The zero-order valence-electron chi connectivity index (χ0n) is 13.6. The summed E-state index contributed by atoms with van der Waals surface area (Å²) in [6, 6.07) is 14.4. The first kappa shape index (κ1) is 15.1. The number of rotatable bonds is 3. The zero-order valence-corrected chi connectivity index (χ0v) is 14.4. The normalized spacial score (nSPS) is 14.9. The van der Waals surface area contributed by atoms with Gasteiger partial charge in [0.05, 0.1) is 0 Å². The van der Waals surface area contributed by atoms with Gasteiger partial charge in [0.25, 0.3) is 0 Å². The SMILES string of the molecule is Cc1ccccc1N1CCN(c2nnc(-c3ccccn3)s2)CC1. The van der Waals surface area contributed by atoms with Crippen LogP contribution in [0.15, 0.2) is 48.7 Å². The van der Waals surface area contributed by atoms with Crippen molar-refractivity contribution in [3.63, 3.8) is 0 Å². The Morgan fingerprint density at radius 2 is 1.62 bits per heavy atom. The van der Waals surface area contributed by atoms with Crippen LogP contribution < -0.4 is 9.80 Å². The third-order valence-electron chi connectivity index (χ3n) is 4.30. The number of aromatic nitrogens is 3. The smallest absolute Gasteiger partial charge is 0.208 e. The third-order valence-corrected chi connectivity index (χ3v) is 5.31. The van der Waals surface area contributed by atoms with Gasteiger partial charge in [0.2, 0.25) is 5.13 Å². The second kappa shape index (κ2) is 6.57. The predicted octanol–water partition coefficient (Wildman–Crippen LogP) is 3.24. The maximum Gasteiger partial charge on any atom is 0.208 e. The Morgan fingerprint density at radius 1 is 0.875 bits per heavy atom. The zero-order chi connectivity index (χ0) is 16.4. The molecule has 0 radical (unpaired) electrons. The van der Waals surface area contributed by atoms with Crippen molar-refractivity contribution in [2.24, 2.45) is 0 Å². The molecule has 3 aromatic rings. The molecule has 0 N–H and O–H groups in total. The van der Waals surface area contributed by atoms with Crippen molar-refractivity contribution in [3.05, 3.63) is 54.2 Å². The first-order valence-electron chi connectivity index (χ1n) is 8.12. The molecule has 1 saturated heterocycles. The van der Waals surface area contributed by atoms with E-state index >= 15 is 0 Å². The summed E-state index contributed by atoms with van der Waals surface area (Å²) in [6.07, 6.45) is 1.79. The fourth-order valence-corrected chi connectivity index (χ4v) is 3.87. The topological polar surface area (TPSA) is 45.2 Å². The molecular weight excluding hydrogens is 318 g/mol. The average Bonchev–Trinajstić information content (AvgIpc) is 3.13. The number of pyridine rings is 1. The van der Waals surface area contributed by atoms with Gasteiger partial charge in [-0.3, -0.25) is 4.98 Å². The van der Waals surface area contributed by atoms with Gasteiger partial charge in [-0.15, -0.1) is 10.2 Å². The largest absolute Gasteiger partial charge is 0.368 e. The molecule has 2 aromatic heterocycles. The minimum Gasteiger partial charge on any atom is -0.368 e. The van der Waals surface area contributed by atoms with Crippen molar-refractivity contribution < 1.29 is 0 Å². The first-order valence-corrected chi connectivity index (χ1v) is 8.93. The summed E-state index contributed by atoms with van der Waals surface area (Å²) in [6.45, 7) is 6.11. The predicted molar refractivity (Wildman–Crippen MR) is 98.7 cm³/mol. The Morgan fingerprint density at radius 3 is 2.38 bits per heavy atom. The number of piperazine rings is 1. The summed E-state index contributed by atoms with van der Waals surface area (Å²) in [5.41, 5.74) is 3.56. The van der Waals surface area contributed by atoms with Crippen molar-refractivity contribution in [1.82, 2.24) is 15.2 Å². The molecule has 3 heterocycles. The van der Waals surface area contributed by atoms with Crippen LogP contribution in [0.3, 0.4) is 0 Å². The monoisotopic (exact) mass is 337 g/mol. The van der Waals surface area contributed by atoms with Crippen LogP contribution in [0, 0.1) is 6.92 Å². The molecule has 1 aliphatic rings. The molecule has 24 heavy (non-hydrogen) atoms. The van der Waals surface area contributed by atoms with Crippen LogP contribution in [0.25, 0.3) is 10.7 Å². The van der Waals surface area contributed by atoms with Gasteiger partial charge in [0.15, 0.2) is 5.01 Å². The second-order valence-corrected chi connectivity index (χ2v) is 6.82. The lowest BCUT2D eigenvalue weighted by Crippen LogP contribution is -2.46. The third kappa shape index (κ3) is 2.97. The summed E-state index contributed by atoms with van der Waals surface area (Å²) in [7, 11) is 0. The Hall–Kier alpha value is -2.47. The van der Waals surface area contributed by atoms with Crippen molar-refractivity contribution in [1.29, 1.82) is 0 Å². The van der Waals surface area contributed by atoms with Gasteiger partial charge >= 0.3 is 0 Å². The standard InChI is InChI=1S/C18H19N5S/c1-14-6-2-3-8-16(14)22-10-12-23(13-11-22)18-21-20-17(24-18)15-7-4-5-9-19-15/h2-9H,10-13H2,1H3. The van der Waals surface area contributed by atoms with Crippen molar-refractivity contribution in [3.8, 4) is 10.7 Å². The van der Waals surface area contributed by atoms with E-state index in [0.29, 0.717) is 0 Å². The van der Waals surface area contributed by atoms with E-state index in [1.54, 1.807) is 17.5 Å². The molecule has 0 saturated carbocycles. The van der Waals surface area contributed by atoms with E-state index in [9.17, 15) is 0 Å². The van der Waals surface area contributed by atoms with E-state index in [-0.39, 0.29) is 0 Å². The van der Waals surface area contributed by atoms with Crippen LogP contribution in [0.5, 0.6) is 0 Å². The van der Waals surface area contributed by atoms with E-state index in [1.807, 2.05) is 18.2 Å². The number of aryl methyl sites for hydroxylation is 1. The summed E-state index contributed by atoms with van der Waals surface area (Å²) in [5.74, 6) is 0. The fourth-order valence-electron chi connectivity index (χ4n) is 2.99. The minimum absolute atomic E-state index is 0.881. The average molecular weight is 337 g/mol. The van der Waals surface area contributed by atoms with Crippen LogP contribution in [-0.4, -0.2) is 41.4 Å². The molecule has 1 fully saturated rings. The van der Waals surface area contributed by atoms with E-state index in [0.717, 1.165) is 42.0 Å². The van der Waals surface area contributed by atoms with Crippen molar-refractivity contribution in [2.45, 2.75) is 6.92 Å². The maximum absolute atomic E-state index is 4.37. The van der Waals surface area contributed by atoms with E-state index in [4.69, 9.17) is 0 Å². The molecule has 0 spiro atoms. The number of anilines is 2. The summed E-state index contributed by atoms with van der Waals surface area (Å²) in [4.78, 5) is 9.12. The van der Waals surface area contributed by atoms with Crippen molar-refractivity contribution in [2.75, 3.05) is 36.0 Å². The van der Waals surface area contributed by atoms with E-state index in [2.05, 4.69) is 56.2 Å². The van der Waals surface area contributed by atoms with E-state index in [1.165, 1.54) is 11.3 Å². The number of benzene rings is 1. The van der Waals surface area contributed by atoms with Gasteiger partial charge in [-0.05, 0) is 30.7 Å². The van der Waals surface area contributed by atoms with Crippen LogP contribution in [0.4, 0.5) is 10.8 Å². The highest BCUT2D eigenvalue weighted by molar-refractivity contribution is 7.18. The molecule has 0 atom stereocenters. The molecular formula is C18H19N5S. The highest BCUT2D eigenvalue weighted by Crippen LogP contribution is 2.29. The highest BCUT2D eigenvalue weighted by atomic mass is 32.1. The Bertz CT molecular complexity index is 809. The van der Waals surface area contributed by atoms with Gasteiger partial charge in [0, 0.05) is 38.1 Å². The van der Waals surface area contributed by atoms with Crippen LogP contribution >= 0.6 is 11.3 Å². The van der Waals surface area contributed by atoms with Gasteiger partial charge < -0.3 is 9.80 Å². The molecule has 6 heteroatoms. The molecule has 122 valence electrons.